The number of hydrogen-bond donors (Lipinski definition) is 1. The van der Waals surface area contributed by atoms with E-state index in [0.717, 1.165) is 16.7 Å². The standard InChI is InChI=1S/C19H21ClN2O3/c1-13-5-4-6-15(9-13)12-25-21-14(2)16-7-8-18(20)17(10-16)11-22(3)19(23)24/h4-10H,11-12H2,1-3H3,(H,23,24). The lowest BCUT2D eigenvalue weighted by molar-refractivity contribution is 0.130. The number of oxime groups is 1. The Morgan fingerprint density at radius 1 is 1.28 bits per heavy atom. The molecule has 0 spiro atoms. The second-order valence-electron chi connectivity index (χ2n) is 5.88. The van der Waals surface area contributed by atoms with Crippen molar-refractivity contribution in [1.29, 1.82) is 0 Å². The number of rotatable bonds is 6. The highest BCUT2D eigenvalue weighted by Gasteiger charge is 2.11. The quantitative estimate of drug-likeness (QED) is 0.600. The monoisotopic (exact) mass is 360 g/mol. The van der Waals surface area contributed by atoms with E-state index in [1.54, 1.807) is 6.07 Å². The molecule has 0 radical (unpaired) electrons. The highest BCUT2D eigenvalue weighted by atomic mass is 35.5. The van der Waals surface area contributed by atoms with Gasteiger partial charge in [-0.2, -0.15) is 0 Å². The number of carboxylic acid groups (broad SMARTS) is 1. The highest BCUT2D eigenvalue weighted by Crippen LogP contribution is 2.20. The van der Waals surface area contributed by atoms with E-state index in [1.807, 2.05) is 50.2 Å². The average Bonchev–Trinajstić information content (AvgIpc) is 2.56. The van der Waals surface area contributed by atoms with Crippen LogP contribution in [0.3, 0.4) is 0 Å². The molecule has 0 aliphatic heterocycles. The van der Waals surface area contributed by atoms with Crippen LogP contribution in [0.15, 0.2) is 47.6 Å². The van der Waals surface area contributed by atoms with Crippen LogP contribution >= 0.6 is 11.6 Å². The molecule has 1 N–H and O–H groups in total. The zero-order chi connectivity index (χ0) is 18.4. The van der Waals surface area contributed by atoms with Crippen molar-refractivity contribution in [3.63, 3.8) is 0 Å². The number of carbonyl (C=O) groups is 1. The van der Waals surface area contributed by atoms with Gasteiger partial charge in [-0.05, 0) is 42.7 Å². The zero-order valence-corrected chi connectivity index (χ0v) is 15.2. The summed E-state index contributed by atoms with van der Waals surface area (Å²) in [5.41, 5.74) is 4.48. The number of aryl methyl sites for hydroxylation is 1. The number of amides is 1. The summed E-state index contributed by atoms with van der Waals surface area (Å²) in [4.78, 5) is 17.6. The first-order chi connectivity index (χ1) is 11.9. The Kier molecular flexibility index (Phi) is 6.42. The number of hydrogen-bond acceptors (Lipinski definition) is 3. The van der Waals surface area contributed by atoms with Gasteiger partial charge in [-0.3, -0.25) is 0 Å². The van der Waals surface area contributed by atoms with Gasteiger partial charge in [0.2, 0.25) is 0 Å². The summed E-state index contributed by atoms with van der Waals surface area (Å²) in [6.45, 7) is 4.46. The van der Waals surface area contributed by atoms with E-state index in [9.17, 15) is 4.79 Å². The molecule has 0 bridgehead atoms. The van der Waals surface area contributed by atoms with E-state index in [0.29, 0.717) is 17.3 Å². The summed E-state index contributed by atoms with van der Waals surface area (Å²) in [6.07, 6.45) is -1.01. The smallest absolute Gasteiger partial charge is 0.407 e. The Balaban J connectivity index is 2.07. The van der Waals surface area contributed by atoms with Gasteiger partial charge in [0.05, 0.1) is 12.3 Å². The molecule has 0 aliphatic carbocycles. The van der Waals surface area contributed by atoms with E-state index in [-0.39, 0.29) is 6.54 Å². The highest BCUT2D eigenvalue weighted by molar-refractivity contribution is 6.31. The topological polar surface area (TPSA) is 62.1 Å². The fourth-order valence-corrected chi connectivity index (χ4v) is 2.48. The Morgan fingerprint density at radius 3 is 2.72 bits per heavy atom. The first kappa shape index (κ1) is 18.8. The van der Waals surface area contributed by atoms with Crippen LogP contribution in [-0.4, -0.2) is 28.9 Å². The van der Waals surface area contributed by atoms with E-state index in [4.69, 9.17) is 21.5 Å². The third-order valence-electron chi connectivity index (χ3n) is 3.71. The van der Waals surface area contributed by atoms with Crippen molar-refractivity contribution < 1.29 is 14.7 Å². The lowest BCUT2D eigenvalue weighted by Crippen LogP contribution is -2.24. The van der Waals surface area contributed by atoms with Crippen LogP contribution in [0.4, 0.5) is 4.79 Å². The van der Waals surface area contributed by atoms with Crippen molar-refractivity contribution in [2.24, 2.45) is 5.16 Å². The Hall–Kier alpha value is -2.53. The second-order valence-corrected chi connectivity index (χ2v) is 6.29. The SMILES string of the molecule is CC(=NOCc1cccc(C)c1)c1ccc(Cl)c(CN(C)C(=O)O)c1. The van der Waals surface area contributed by atoms with Gasteiger partial charge < -0.3 is 14.8 Å². The molecular weight excluding hydrogens is 340 g/mol. The van der Waals surface area contributed by atoms with Crippen LogP contribution in [0.2, 0.25) is 5.02 Å². The van der Waals surface area contributed by atoms with Gasteiger partial charge >= 0.3 is 6.09 Å². The normalized spacial score (nSPS) is 11.3. The molecule has 5 nitrogen and oxygen atoms in total. The van der Waals surface area contributed by atoms with E-state index < -0.39 is 6.09 Å². The lowest BCUT2D eigenvalue weighted by atomic mass is 10.1. The molecule has 2 aromatic carbocycles. The summed E-state index contributed by atoms with van der Waals surface area (Å²) < 4.78 is 0. The fraction of sp³-hybridized carbons (Fsp3) is 0.263. The summed E-state index contributed by atoms with van der Waals surface area (Å²) in [6, 6.07) is 13.4. The largest absolute Gasteiger partial charge is 0.465 e. The molecule has 6 heteroatoms. The zero-order valence-electron chi connectivity index (χ0n) is 14.5. The molecule has 25 heavy (non-hydrogen) atoms. The summed E-state index contributed by atoms with van der Waals surface area (Å²) >= 11 is 6.16. The minimum atomic E-state index is -1.01. The average molecular weight is 361 g/mol. The molecule has 0 fully saturated rings. The van der Waals surface area contributed by atoms with Crippen molar-refractivity contribution in [3.05, 3.63) is 69.7 Å². The Bertz CT molecular complexity index is 790. The predicted molar refractivity (Wildman–Crippen MR) is 99.1 cm³/mol. The third kappa shape index (κ3) is 5.50. The lowest BCUT2D eigenvalue weighted by Gasteiger charge is -2.15. The molecule has 2 rings (SSSR count). The van der Waals surface area contributed by atoms with Crippen LogP contribution in [0.25, 0.3) is 0 Å². The molecule has 0 aliphatic rings. The number of nitrogens with zero attached hydrogens (tertiary/aromatic N) is 2. The molecule has 0 saturated heterocycles. The maximum atomic E-state index is 11.0. The maximum Gasteiger partial charge on any atom is 0.407 e. The van der Waals surface area contributed by atoms with Gasteiger partial charge in [0.15, 0.2) is 0 Å². The predicted octanol–water partition coefficient (Wildman–Crippen LogP) is 4.70. The molecular formula is C19H21ClN2O3. The summed E-state index contributed by atoms with van der Waals surface area (Å²) in [5.74, 6) is 0. The van der Waals surface area contributed by atoms with Gasteiger partial charge in [0.1, 0.15) is 6.61 Å². The van der Waals surface area contributed by atoms with Gasteiger partial charge in [-0.25, -0.2) is 4.79 Å². The van der Waals surface area contributed by atoms with E-state index >= 15 is 0 Å². The van der Waals surface area contributed by atoms with Gasteiger partial charge in [0, 0.05) is 12.1 Å². The van der Waals surface area contributed by atoms with Crippen molar-refractivity contribution in [3.8, 4) is 0 Å². The van der Waals surface area contributed by atoms with Crippen molar-refractivity contribution in [1.82, 2.24) is 4.90 Å². The van der Waals surface area contributed by atoms with Crippen LogP contribution in [-0.2, 0) is 18.0 Å². The van der Waals surface area contributed by atoms with Crippen molar-refractivity contribution in [2.75, 3.05) is 7.05 Å². The van der Waals surface area contributed by atoms with Gasteiger partial charge in [-0.15, -0.1) is 0 Å². The van der Waals surface area contributed by atoms with Crippen LogP contribution in [0, 0.1) is 6.92 Å². The molecule has 0 atom stereocenters. The van der Waals surface area contributed by atoms with Crippen LogP contribution < -0.4 is 0 Å². The second kappa shape index (κ2) is 8.53. The van der Waals surface area contributed by atoms with Crippen LogP contribution in [0.1, 0.15) is 29.2 Å². The molecule has 132 valence electrons. The molecule has 0 unspecified atom stereocenters. The maximum absolute atomic E-state index is 11.0. The summed E-state index contributed by atoms with van der Waals surface area (Å²) in [5, 5.41) is 13.7. The number of halogens is 1. The van der Waals surface area contributed by atoms with E-state index in [1.165, 1.54) is 17.5 Å². The van der Waals surface area contributed by atoms with Gasteiger partial charge in [0.25, 0.3) is 0 Å². The molecule has 0 saturated carbocycles. The third-order valence-corrected chi connectivity index (χ3v) is 4.08. The Labute approximate surface area is 152 Å². The summed E-state index contributed by atoms with van der Waals surface area (Å²) in [7, 11) is 1.50. The first-order valence-corrected chi connectivity index (χ1v) is 8.19. The molecule has 1 amide bonds. The number of benzene rings is 2. The fourth-order valence-electron chi connectivity index (χ4n) is 2.30. The molecule has 2 aromatic rings. The minimum Gasteiger partial charge on any atom is -0.465 e. The first-order valence-electron chi connectivity index (χ1n) is 7.82. The Morgan fingerprint density at radius 2 is 2.04 bits per heavy atom. The van der Waals surface area contributed by atoms with Crippen LogP contribution in [0.5, 0.6) is 0 Å². The minimum absolute atomic E-state index is 0.208. The molecule has 0 aromatic heterocycles. The van der Waals surface area contributed by atoms with Gasteiger partial charge in [-0.1, -0.05) is 52.7 Å². The van der Waals surface area contributed by atoms with Crippen molar-refractivity contribution in [2.45, 2.75) is 27.0 Å². The van der Waals surface area contributed by atoms with E-state index in [2.05, 4.69) is 5.16 Å². The molecule has 0 heterocycles. The van der Waals surface area contributed by atoms with Crippen molar-refractivity contribution >= 4 is 23.4 Å².